The Bertz CT molecular complexity index is 174. The van der Waals surface area contributed by atoms with Gasteiger partial charge in [-0.05, 0) is 6.08 Å². The quantitative estimate of drug-likeness (QED) is 0.542. The summed E-state index contributed by atoms with van der Waals surface area (Å²) in [5.41, 5.74) is 0. The van der Waals surface area contributed by atoms with Crippen molar-refractivity contribution in [3.05, 3.63) is 24.3 Å². The fourth-order valence-electron chi connectivity index (χ4n) is 0.614. The van der Waals surface area contributed by atoms with Crippen LogP contribution in [0.2, 0.25) is 0 Å². The van der Waals surface area contributed by atoms with Crippen LogP contribution in [0, 0.1) is 0 Å². The van der Waals surface area contributed by atoms with Crippen molar-refractivity contribution in [1.29, 1.82) is 0 Å². The van der Waals surface area contributed by atoms with Crippen LogP contribution in [0.4, 0.5) is 0 Å². The van der Waals surface area contributed by atoms with Crippen molar-refractivity contribution >= 4 is 28.6 Å². The Kier molecular flexibility index (Phi) is 2.41. The number of ketones is 1. The van der Waals surface area contributed by atoms with Crippen LogP contribution in [0.15, 0.2) is 24.3 Å². The highest BCUT2D eigenvalue weighted by Crippen LogP contribution is 1.99. The van der Waals surface area contributed by atoms with E-state index in [9.17, 15) is 4.79 Å². The maximum atomic E-state index is 10.8. The van der Waals surface area contributed by atoms with Crippen LogP contribution >= 0.6 is 22.9 Å². The monoisotopic (exact) mass is 235 g/mol. The number of allylic oxidation sites excluding steroid dienone is 2. The minimum Gasteiger partial charge on any atom is -0.293 e. The van der Waals surface area contributed by atoms with Crippen molar-refractivity contribution in [3.8, 4) is 0 Å². The van der Waals surface area contributed by atoms with Crippen LogP contribution in [0.5, 0.6) is 0 Å². The van der Waals surface area contributed by atoms with Crippen molar-refractivity contribution in [2.45, 2.75) is 6.04 Å². The maximum absolute atomic E-state index is 10.8. The lowest BCUT2D eigenvalue weighted by Gasteiger charge is -2.07. The highest BCUT2D eigenvalue weighted by Gasteiger charge is 2.11. The van der Waals surface area contributed by atoms with E-state index in [2.05, 4.69) is 3.53 Å². The maximum Gasteiger partial charge on any atom is 0.177 e. The molecule has 1 rings (SSSR count). The molecule has 0 spiro atoms. The van der Waals surface area contributed by atoms with Gasteiger partial charge in [0.1, 0.15) is 0 Å². The molecule has 48 valence electrons. The van der Waals surface area contributed by atoms with E-state index in [-0.39, 0.29) is 11.8 Å². The fraction of sp³-hybridized carbons (Fsp3) is 0.167. The van der Waals surface area contributed by atoms with E-state index in [1.165, 1.54) is 0 Å². The lowest BCUT2D eigenvalue weighted by Crippen LogP contribution is -2.27. The number of nitrogens with one attached hydrogen (secondary N) is 1. The van der Waals surface area contributed by atoms with Crippen molar-refractivity contribution in [2.24, 2.45) is 0 Å². The topological polar surface area (TPSA) is 29.1 Å². The van der Waals surface area contributed by atoms with E-state index >= 15 is 0 Å². The zero-order valence-corrected chi connectivity index (χ0v) is 6.83. The van der Waals surface area contributed by atoms with Crippen LogP contribution in [-0.2, 0) is 4.79 Å². The van der Waals surface area contributed by atoms with E-state index in [0.29, 0.717) is 0 Å². The first-order chi connectivity index (χ1) is 4.34. The Morgan fingerprint density at radius 2 is 2.33 bits per heavy atom. The van der Waals surface area contributed by atoms with Crippen molar-refractivity contribution < 1.29 is 4.79 Å². The van der Waals surface area contributed by atoms with Crippen molar-refractivity contribution in [1.82, 2.24) is 3.53 Å². The average Bonchev–Trinajstić information content (AvgIpc) is 1.89. The smallest absolute Gasteiger partial charge is 0.177 e. The van der Waals surface area contributed by atoms with E-state index < -0.39 is 0 Å². The van der Waals surface area contributed by atoms with Gasteiger partial charge in [0.15, 0.2) is 5.78 Å². The molecule has 0 heterocycles. The fourth-order valence-corrected chi connectivity index (χ4v) is 1.13. The second-order valence-corrected chi connectivity index (χ2v) is 2.36. The van der Waals surface area contributed by atoms with Gasteiger partial charge in [0.05, 0.1) is 6.04 Å². The third kappa shape index (κ3) is 1.62. The first-order valence-electron chi connectivity index (χ1n) is 2.59. The molecule has 1 unspecified atom stereocenters. The normalized spacial score (nSPS) is 25.0. The van der Waals surface area contributed by atoms with Gasteiger partial charge >= 0.3 is 0 Å². The van der Waals surface area contributed by atoms with Gasteiger partial charge in [0.2, 0.25) is 0 Å². The van der Waals surface area contributed by atoms with Gasteiger partial charge in [-0.3, -0.25) is 4.79 Å². The number of halogens is 1. The molecule has 2 nitrogen and oxygen atoms in total. The lowest BCUT2D eigenvalue weighted by atomic mass is 10.1. The summed E-state index contributed by atoms with van der Waals surface area (Å²) in [4.78, 5) is 10.8. The highest BCUT2D eigenvalue weighted by atomic mass is 127. The molecule has 0 aliphatic heterocycles. The molecule has 0 saturated heterocycles. The zero-order valence-electron chi connectivity index (χ0n) is 4.67. The third-order valence-electron chi connectivity index (χ3n) is 1.10. The first-order valence-corrected chi connectivity index (χ1v) is 3.67. The number of hydrogen-bond donors (Lipinski definition) is 1. The van der Waals surface area contributed by atoms with Gasteiger partial charge in [-0.15, -0.1) is 0 Å². The van der Waals surface area contributed by atoms with Crippen molar-refractivity contribution in [3.63, 3.8) is 0 Å². The van der Waals surface area contributed by atoms with Gasteiger partial charge in [0.25, 0.3) is 0 Å². The van der Waals surface area contributed by atoms with Crippen LogP contribution < -0.4 is 3.53 Å². The number of rotatable bonds is 1. The SMILES string of the molecule is O=C1C=CC=CC1NI. The molecule has 3 heteroatoms. The minimum atomic E-state index is -0.115. The van der Waals surface area contributed by atoms with E-state index in [1.54, 1.807) is 12.2 Å². The Morgan fingerprint density at radius 3 is 2.78 bits per heavy atom. The Balaban J connectivity index is 2.66. The summed E-state index contributed by atoms with van der Waals surface area (Å²) in [5, 5.41) is 0. The molecule has 1 aliphatic carbocycles. The molecule has 0 fully saturated rings. The minimum absolute atomic E-state index is 0.115. The largest absolute Gasteiger partial charge is 0.293 e. The summed E-state index contributed by atoms with van der Waals surface area (Å²) in [5.74, 6) is 0.118. The zero-order chi connectivity index (χ0) is 6.69. The second-order valence-electron chi connectivity index (χ2n) is 1.73. The summed E-state index contributed by atoms with van der Waals surface area (Å²) in [7, 11) is 0. The Morgan fingerprint density at radius 1 is 1.56 bits per heavy atom. The van der Waals surface area contributed by atoms with Crippen molar-refractivity contribution in [2.75, 3.05) is 0 Å². The predicted molar refractivity (Wildman–Crippen MR) is 44.2 cm³/mol. The molecule has 1 atom stereocenters. The molecule has 0 radical (unpaired) electrons. The van der Waals surface area contributed by atoms with E-state index in [0.717, 1.165) is 0 Å². The van der Waals surface area contributed by atoms with E-state index in [4.69, 9.17) is 0 Å². The van der Waals surface area contributed by atoms with Gasteiger partial charge in [0, 0.05) is 22.9 Å². The van der Waals surface area contributed by atoms with Gasteiger partial charge in [-0.2, -0.15) is 0 Å². The van der Waals surface area contributed by atoms with Crippen LogP contribution in [0.3, 0.4) is 0 Å². The van der Waals surface area contributed by atoms with Gasteiger partial charge in [-0.1, -0.05) is 18.2 Å². The number of hydrogen-bond acceptors (Lipinski definition) is 2. The summed E-state index contributed by atoms with van der Waals surface area (Å²) in [6.45, 7) is 0. The molecular weight excluding hydrogens is 229 g/mol. The Labute approximate surface area is 67.5 Å². The second kappa shape index (κ2) is 3.12. The molecule has 0 aromatic heterocycles. The first kappa shape index (κ1) is 6.95. The summed E-state index contributed by atoms with van der Waals surface area (Å²) in [6.07, 6.45) is 7.00. The lowest BCUT2D eigenvalue weighted by molar-refractivity contribution is -0.115. The molecule has 1 N–H and O–H groups in total. The third-order valence-corrected chi connectivity index (χ3v) is 1.77. The molecule has 9 heavy (non-hydrogen) atoms. The van der Waals surface area contributed by atoms with Crippen LogP contribution in [0.1, 0.15) is 0 Å². The average molecular weight is 235 g/mol. The number of carbonyl (C=O) groups excluding carboxylic acids is 1. The van der Waals surface area contributed by atoms with Crippen LogP contribution in [-0.4, -0.2) is 11.8 Å². The summed E-state index contributed by atoms with van der Waals surface area (Å²) >= 11 is 1.97. The predicted octanol–water partition coefficient (Wildman–Crippen LogP) is 0.990. The Hall–Kier alpha value is -0.160. The summed E-state index contributed by atoms with van der Waals surface area (Å²) < 4.78 is 2.84. The molecule has 0 aromatic carbocycles. The standard InChI is InChI=1S/C6H6INO/c7-8-5-3-1-2-4-6(5)9/h1-5,8H. The molecule has 0 amide bonds. The van der Waals surface area contributed by atoms with Gasteiger partial charge < -0.3 is 0 Å². The highest BCUT2D eigenvalue weighted by molar-refractivity contribution is 14.1. The molecule has 0 saturated carbocycles. The van der Waals surface area contributed by atoms with Gasteiger partial charge in [-0.25, -0.2) is 3.53 Å². The molecule has 0 aromatic rings. The van der Waals surface area contributed by atoms with Crippen LogP contribution in [0.25, 0.3) is 0 Å². The molecule has 1 aliphatic rings. The number of carbonyl (C=O) groups is 1. The molecule has 0 bridgehead atoms. The van der Waals surface area contributed by atoms with E-state index in [1.807, 2.05) is 35.0 Å². The summed E-state index contributed by atoms with van der Waals surface area (Å²) in [6, 6.07) is -0.115. The molecular formula is C6H6INO.